The molecule has 0 heterocycles. The van der Waals surface area contributed by atoms with Gasteiger partial charge in [0.05, 0.1) is 18.7 Å². The van der Waals surface area contributed by atoms with Crippen LogP contribution in [-0.4, -0.2) is 7.11 Å². The van der Waals surface area contributed by atoms with Crippen LogP contribution in [0.4, 0.5) is 0 Å². The summed E-state index contributed by atoms with van der Waals surface area (Å²) >= 11 is 0. The maximum Gasteiger partial charge on any atom is 0.118 e. The highest BCUT2D eigenvalue weighted by Crippen LogP contribution is 2.22. The molecule has 0 aliphatic heterocycles. The van der Waals surface area contributed by atoms with E-state index in [1.807, 2.05) is 30.3 Å². The van der Waals surface area contributed by atoms with Gasteiger partial charge in [0.25, 0.3) is 0 Å². The van der Waals surface area contributed by atoms with Crippen molar-refractivity contribution >= 4 is 0 Å². The molecule has 1 unspecified atom stereocenters. The number of rotatable bonds is 8. The Morgan fingerprint density at radius 3 is 2.61 bits per heavy atom. The van der Waals surface area contributed by atoms with Gasteiger partial charge in [0, 0.05) is 12.6 Å². The first-order valence-electron chi connectivity index (χ1n) is 8.13. The van der Waals surface area contributed by atoms with E-state index in [0.29, 0.717) is 11.6 Å². The lowest BCUT2D eigenvalue weighted by atomic mass is 10.0. The molecule has 0 bridgehead atoms. The molecule has 0 fully saturated rings. The highest BCUT2D eigenvalue weighted by atomic mass is 16.5. The molecule has 3 nitrogen and oxygen atoms in total. The number of nitrogens with one attached hydrogen (secondary N) is 1. The van der Waals surface area contributed by atoms with Crippen LogP contribution in [0.2, 0.25) is 0 Å². The summed E-state index contributed by atoms with van der Waals surface area (Å²) in [6, 6.07) is 18.5. The molecule has 2 aromatic rings. The van der Waals surface area contributed by atoms with E-state index < -0.39 is 0 Å². The second kappa shape index (κ2) is 8.97. The Morgan fingerprint density at radius 1 is 1.17 bits per heavy atom. The van der Waals surface area contributed by atoms with Gasteiger partial charge in [-0.1, -0.05) is 44.0 Å². The summed E-state index contributed by atoms with van der Waals surface area (Å²) in [6.45, 7) is 2.97. The third-order valence-electron chi connectivity index (χ3n) is 3.97. The molecule has 3 heteroatoms. The van der Waals surface area contributed by atoms with Crippen LogP contribution in [0.1, 0.15) is 48.9 Å². The van der Waals surface area contributed by atoms with Crippen LogP contribution in [0.5, 0.6) is 5.75 Å². The molecule has 1 atom stereocenters. The van der Waals surface area contributed by atoms with Gasteiger partial charge in [-0.3, -0.25) is 0 Å². The molecule has 0 aromatic heterocycles. The van der Waals surface area contributed by atoms with E-state index in [0.717, 1.165) is 24.3 Å². The molecule has 120 valence electrons. The molecule has 0 aliphatic rings. The summed E-state index contributed by atoms with van der Waals surface area (Å²) in [5, 5.41) is 12.6. The van der Waals surface area contributed by atoms with Gasteiger partial charge < -0.3 is 10.1 Å². The van der Waals surface area contributed by atoms with Gasteiger partial charge in [0.15, 0.2) is 0 Å². The van der Waals surface area contributed by atoms with Crippen LogP contribution in [0.15, 0.2) is 48.5 Å². The van der Waals surface area contributed by atoms with Crippen LogP contribution in [-0.2, 0) is 6.54 Å². The van der Waals surface area contributed by atoms with Crippen molar-refractivity contribution in [1.82, 2.24) is 5.32 Å². The quantitative estimate of drug-likeness (QED) is 0.776. The zero-order valence-corrected chi connectivity index (χ0v) is 13.9. The second-order valence-electron chi connectivity index (χ2n) is 5.66. The van der Waals surface area contributed by atoms with Crippen molar-refractivity contribution < 1.29 is 4.74 Å². The summed E-state index contributed by atoms with van der Waals surface area (Å²) < 4.78 is 5.23. The topological polar surface area (TPSA) is 45.0 Å². The number of benzene rings is 2. The van der Waals surface area contributed by atoms with Gasteiger partial charge in [0.2, 0.25) is 0 Å². The summed E-state index contributed by atoms with van der Waals surface area (Å²) in [5.74, 6) is 0.879. The Morgan fingerprint density at radius 2 is 1.96 bits per heavy atom. The van der Waals surface area contributed by atoms with E-state index in [2.05, 4.69) is 36.5 Å². The highest BCUT2D eigenvalue weighted by molar-refractivity contribution is 5.33. The summed E-state index contributed by atoms with van der Waals surface area (Å²) in [6.07, 6.45) is 3.46. The summed E-state index contributed by atoms with van der Waals surface area (Å²) in [5.41, 5.74) is 3.12. The Labute approximate surface area is 138 Å². The second-order valence-corrected chi connectivity index (χ2v) is 5.66. The smallest absolute Gasteiger partial charge is 0.118 e. The molecule has 0 spiro atoms. The molecular formula is C20H24N2O. The van der Waals surface area contributed by atoms with E-state index in [1.165, 1.54) is 18.4 Å². The van der Waals surface area contributed by atoms with E-state index >= 15 is 0 Å². The minimum absolute atomic E-state index is 0.312. The zero-order chi connectivity index (χ0) is 16.5. The third-order valence-corrected chi connectivity index (χ3v) is 3.97. The summed E-state index contributed by atoms with van der Waals surface area (Å²) in [7, 11) is 1.68. The van der Waals surface area contributed by atoms with Gasteiger partial charge in [-0.25, -0.2) is 0 Å². The molecule has 0 amide bonds. The SMILES string of the molecule is CCCCC(NCc1cccc(C#N)c1)c1ccc(OC)cc1. The molecule has 23 heavy (non-hydrogen) atoms. The molecule has 2 rings (SSSR count). The Balaban J connectivity index is 2.06. The monoisotopic (exact) mass is 308 g/mol. The van der Waals surface area contributed by atoms with E-state index in [4.69, 9.17) is 10.00 Å². The Kier molecular flexibility index (Phi) is 6.65. The number of hydrogen-bond donors (Lipinski definition) is 1. The predicted octanol–water partition coefficient (Wildman–Crippen LogP) is 4.59. The van der Waals surface area contributed by atoms with Gasteiger partial charge in [0.1, 0.15) is 5.75 Å². The molecule has 0 saturated carbocycles. The maximum absolute atomic E-state index is 9.00. The molecule has 0 saturated heterocycles. The van der Waals surface area contributed by atoms with E-state index in [-0.39, 0.29) is 0 Å². The van der Waals surface area contributed by atoms with Crippen LogP contribution in [0.3, 0.4) is 0 Å². The molecular weight excluding hydrogens is 284 g/mol. The van der Waals surface area contributed by atoms with Crippen molar-refractivity contribution in [3.63, 3.8) is 0 Å². The van der Waals surface area contributed by atoms with Crippen LogP contribution in [0, 0.1) is 11.3 Å². The normalized spacial score (nSPS) is 11.7. The molecule has 1 N–H and O–H groups in total. The Hall–Kier alpha value is -2.31. The number of hydrogen-bond acceptors (Lipinski definition) is 3. The van der Waals surface area contributed by atoms with E-state index in [1.54, 1.807) is 7.11 Å². The Bertz CT molecular complexity index is 643. The number of nitrogens with zero attached hydrogens (tertiary/aromatic N) is 1. The van der Waals surface area contributed by atoms with Crippen molar-refractivity contribution in [2.75, 3.05) is 7.11 Å². The molecule has 0 radical (unpaired) electrons. The van der Waals surface area contributed by atoms with Crippen LogP contribution >= 0.6 is 0 Å². The predicted molar refractivity (Wildman–Crippen MR) is 93.3 cm³/mol. The number of unbranched alkanes of at least 4 members (excludes halogenated alkanes) is 1. The average molecular weight is 308 g/mol. The van der Waals surface area contributed by atoms with Gasteiger partial charge in [-0.05, 0) is 41.8 Å². The first-order valence-corrected chi connectivity index (χ1v) is 8.13. The van der Waals surface area contributed by atoms with Crippen molar-refractivity contribution in [2.24, 2.45) is 0 Å². The van der Waals surface area contributed by atoms with Gasteiger partial charge in [-0.2, -0.15) is 5.26 Å². The average Bonchev–Trinajstić information content (AvgIpc) is 2.62. The maximum atomic E-state index is 9.00. The highest BCUT2D eigenvalue weighted by Gasteiger charge is 2.11. The van der Waals surface area contributed by atoms with Crippen molar-refractivity contribution in [2.45, 2.75) is 38.8 Å². The van der Waals surface area contributed by atoms with Crippen molar-refractivity contribution in [1.29, 1.82) is 5.26 Å². The third kappa shape index (κ3) is 5.12. The first kappa shape index (κ1) is 17.1. The fourth-order valence-electron chi connectivity index (χ4n) is 2.62. The largest absolute Gasteiger partial charge is 0.497 e. The standard InChI is InChI=1S/C20H24N2O/c1-3-4-8-20(18-9-11-19(23-2)12-10-18)22-15-17-7-5-6-16(13-17)14-21/h5-7,9-13,20,22H,3-4,8,15H2,1-2H3. The molecule has 2 aromatic carbocycles. The van der Waals surface area contributed by atoms with Gasteiger partial charge >= 0.3 is 0 Å². The van der Waals surface area contributed by atoms with Crippen LogP contribution < -0.4 is 10.1 Å². The molecule has 0 aliphatic carbocycles. The fraction of sp³-hybridized carbons (Fsp3) is 0.350. The number of methoxy groups -OCH3 is 1. The first-order chi connectivity index (χ1) is 11.3. The van der Waals surface area contributed by atoms with Crippen molar-refractivity contribution in [3.05, 3.63) is 65.2 Å². The minimum Gasteiger partial charge on any atom is -0.497 e. The lowest BCUT2D eigenvalue weighted by Gasteiger charge is -2.19. The lowest BCUT2D eigenvalue weighted by Crippen LogP contribution is -2.21. The number of nitriles is 1. The number of ether oxygens (including phenoxy) is 1. The summed E-state index contributed by atoms with van der Waals surface area (Å²) in [4.78, 5) is 0. The minimum atomic E-state index is 0.312. The lowest BCUT2D eigenvalue weighted by molar-refractivity contribution is 0.414. The zero-order valence-electron chi connectivity index (χ0n) is 13.9. The fourth-order valence-corrected chi connectivity index (χ4v) is 2.62. The van der Waals surface area contributed by atoms with E-state index in [9.17, 15) is 0 Å². The van der Waals surface area contributed by atoms with Crippen molar-refractivity contribution in [3.8, 4) is 11.8 Å². The van der Waals surface area contributed by atoms with Gasteiger partial charge in [-0.15, -0.1) is 0 Å². The van der Waals surface area contributed by atoms with Crippen LogP contribution in [0.25, 0.3) is 0 Å².